The van der Waals surface area contributed by atoms with Crippen LogP contribution in [-0.2, 0) is 14.3 Å². The molecule has 8 heteroatoms. The molecule has 2 aromatic carbocycles. The Morgan fingerprint density at radius 1 is 1.06 bits per heavy atom. The Balaban J connectivity index is 1.48. The predicted molar refractivity (Wildman–Crippen MR) is 135 cm³/mol. The van der Waals surface area contributed by atoms with E-state index >= 15 is 0 Å². The van der Waals surface area contributed by atoms with Gasteiger partial charge in [-0.15, -0.1) is 0 Å². The largest absolute Gasteiger partial charge is 0.467 e. The fourth-order valence-electron chi connectivity index (χ4n) is 4.31. The van der Waals surface area contributed by atoms with Gasteiger partial charge in [0.15, 0.2) is 0 Å². The van der Waals surface area contributed by atoms with Gasteiger partial charge in [0, 0.05) is 24.8 Å². The summed E-state index contributed by atoms with van der Waals surface area (Å²) < 4.78 is 10.6. The number of hydrogen-bond acceptors (Lipinski definition) is 7. The Labute approximate surface area is 205 Å². The maximum absolute atomic E-state index is 12.7. The quantitative estimate of drug-likeness (QED) is 0.524. The molecule has 184 valence electrons. The second-order valence-corrected chi connectivity index (χ2v) is 9.78. The van der Waals surface area contributed by atoms with Crippen molar-refractivity contribution >= 4 is 28.8 Å². The monoisotopic (exact) mass is 476 g/mol. The van der Waals surface area contributed by atoms with Crippen LogP contribution in [0.15, 0.2) is 54.7 Å². The lowest BCUT2D eigenvalue weighted by molar-refractivity contribution is -0.143. The Hall–Kier alpha value is -3.68. The van der Waals surface area contributed by atoms with E-state index in [1.54, 1.807) is 11.1 Å². The number of piperidine rings is 1. The topological polar surface area (TPSA) is 93.6 Å². The van der Waals surface area contributed by atoms with Crippen molar-refractivity contribution in [3.8, 4) is 11.3 Å². The Kier molecular flexibility index (Phi) is 7.19. The van der Waals surface area contributed by atoms with Crippen molar-refractivity contribution in [2.75, 3.05) is 25.5 Å². The molecule has 1 aromatic heterocycles. The van der Waals surface area contributed by atoms with Gasteiger partial charge < -0.3 is 19.7 Å². The number of aromatic nitrogens is 2. The van der Waals surface area contributed by atoms with Gasteiger partial charge in [0.25, 0.3) is 0 Å². The number of amides is 1. The normalized spacial score (nSPS) is 15.5. The number of carbonyl (C=O) groups is 2. The summed E-state index contributed by atoms with van der Waals surface area (Å²) in [6, 6.07) is 15.6. The maximum Gasteiger partial charge on any atom is 0.410 e. The third kappa shape index (κ3) is 6.07. The van der Waals surface area contributed by atoms with E-state index in [2.05, 4.69) is 39.6 Å². The molecular weight excluding hydrogens is 444 g/mol. The zero-order chi connectivity index (χ0) is 25.0. The second-order valence-electron chi connectivity index (χ2n) is 9.78. The number of nitrogens with zero attached hydrogens (tertiary/aromatic N) is 3. The molecule has 1 N–H and O–H groups in total. The number of likely N-dealkylation sites (tertiary alicyclic amines) is 1. The molecule has 1 unspecified atom stereocenters. The molecule has 1 fully saturated rings. The van der Waals surface area contributed by atoms with Crippen molar-refractivity contribution in [1.29, 1.82) is 0 Å². The van der Waals surface area contributed by atoms with Gasteiger partial charge in [-0.3, -0.25) is 0 Å². The minimum absolute atomic E-state index is 0.0333. The highest BCUT2D eigenvalue weighted by Crippen LogP contribution is 2.27. The number of anilines is 1. The second kappa shape index (κ2) is 10.3. The van der Waals surface area contributed by atoms with Crippen LogP contribution in [0.2, 0.25) is 0 Å². The molecule has 0 saturated carbocycles. The van der Waals surface area contributed by atoms with Gasteiger partial charge in [0.05, 0.1) is 12.8 Å². The minimum Gasteiger partial charge on any atom is -0.467 e. The number of fused-ring (bicyclic) bond motifs is 1. The smallest absolute Gasteiger partial charge is 0.410 e. The van der Waals surface area contributed by atoms with Crippen LogP contribution in [0, 0.1) is 5.92 Å². The number of hydrogen-bond donors (Lipinski definition) is 1. The van der Waals surface area contributed by atoms with Crippen LogP contribution in [0.25, 0.3) is 22.0 Å². The van der Waals surface area contributed by atoms with E-state index in [4.69, 9.17) is 9.47 Å². The van der Waals surface area contributed by atoms with Crippen LogP contribution in [0.3, 0.4) is 0 Å². The molecule has 1 aliphatic heterocycles. The molecule has 0 radical (unpaired) electrons. The van der Waals surface area contributed by atoms with Gasteiger partial charge in [0.1, 0.15) is 11.6 Å². The van der Waals surface area contributed by atoms with Crippen molar-refractivity contribution in [2.45, 2.75) is 45.3 Å². The first-order chi connectivity index (χ1) is 16.7. The first kappa shape index (κ1) is 24.4. The average Bonchev–Trinajstić information content (AvgIpc) is 2.86. The summed E-state index contributed by atoms with van der Waals surface area (Å²) in [7, 11) is 1.37. The van der Waals surface area contributed by atoms with E-state index in [1.165, 1.54) is 7.11 Å². The third-order valence-corrected chi connectivity index (χ3v) is 6.10. The third-order valence-electron chi connectivity index (χ3n) is 6.10. The van der Waals surface area contributed by atoms with E-state index in [0.29, 0.717) is 31.9 Å². The fraction of sp³-hybridized carbons (Fsp3) is 0.407. The summed E-state index contributed by atoms with van der Waals surface area (Å²) >= 11 is 0. The molecule has 2 heterocycles. The Morgan fingerprint density at radius 2 is 1.77 bits per heavy atom. The molecule has 0 bridgehead atoms. The van der Waals surface area contributed by atoms with Crippen molar-refractivity contribution in [1.82, 2.24) is 14.9 Å². The number of esters is 1. The lowest BCUT2D eigenvalue weighted by atomic mass is 9.89. The molecule has 0 aliphatic carbocycles. The van der Waals surface area contributed by atoms with Gasteiger partial charge >= 0.3 is 12.1 Å². The lowest BCUT2D eigenvalue weighted by Gasteiger charge is -2.36. The van der Waals surface area contributed by atoms with E-state index in [-0.39, 0.29) is 18.0 Å². The van der Waals surface area contributed by atoms with Crippen molar-refractivity contribution in [2.24, 2.45) is 5.92 Å². The SMILES string of the molecule is COC(=O)C(Nc1nccc(-c2ccc3ccccc3c2)n1)C1CCN(C(=O)OC(C)(C)C)CC1. The van der Waals surface area contributed by atoms with Crippen LogP contribution in [0.1, 0.15) is 33.6 Å². The number of benzene rings is 2. The summed E-state index contributed by atoms with van der Waals surface area (Å²) in [5, 5.41) is 5.48. The summed E-state index contributed by atoms with van der Waals surface area (Å²) in [4.78, 5) is 35.8. The first-order valence-corrected chi connectivity index (χ1v) is 11.9. The van der Waals surface area contributed by atoms with Crippen LogP contribution >= 0.6 is 0 Å². The Morgan fingerprint density at radius 3 is 2.46 bits per heavy atom. The zero-order valence-corrected chi connectivity index (χ0v) is 20.7. The van der Waals surface area contributed by atoms with Gasteiger partial charge in [-0.25, -0.2) is 19.6 Å². The number of methoxy groups -OCH3 is 1. The molecule has 35 heavy (non-hydrogen) atoms. The summed E-state index contributed by atoms with van der Waals surface area (Å²) in [6.45, 7) is 6.56. The van der Waals surface area contributed by atoms with E-state index in [0.717, 1.165) is 22.0 Å². The van der Waals surface area contributed by atoms with Crippen LogP contribution in [0.5, 0.6) is 0 Å². The lowest BCUT2D eigenvalue weighted by Crippen LogP contribution is -2.47. The van der Waals surface area contributed by atoms with E-state index < -0.39 is 11.6 Å². The van der Waals surface area contributed by atoms with Crippen molar-refractivity contribution < 1.29 is 19.1 Å². The standard InChI is InChI=1S/C27H32N4O4/c1-27(2,3)35-26(33)31-15-12-19(13-16-31)23(24(32)34-4)30-25-28-14-11-22(29-25)21-10-9-18-7-5-6-8-20(18)17-21/h5-11,14,17,19,23H,12-13,15-16H2,1-4H3,(H,28,29,30). The van der Waals surface area contributed by atoms with Gasteiger partial charge in [-0.2, -0.15) is 0 Å². The highest BCUT2D eigenvalue weighted by Gasteiger charge is 2.35. The number of nitrogens with one attached hydrogen (secondary N) is 1. The van der Waals surface area contributed by atoms with Crippen LogP contribution < -0.4 is 5.32 Å². The predicted octanol–water partition coefficient (Wildman–Crippen LogP) is 4.90. The number of ether oxygens (including phenoxy) is 2. The molecule has 1 atom stereocenters. The highest BCUT2D eigenvalue weighted by molar-refractivity contribution is 5.87. The van der Waals surface area contributed by atoms with Gasteiger partial charge in [-0.05, 0) is 62.4 Å². The van der Waals surface area contributed by atoms with Crippen molar-refractivity contribution in [3.05, 3.63) is 54.7 Å². The van der Waals surface area contributed by atoms with Gasteiger partial charge in [-0.1, -0.05) is 36.4 Å². The number of carbonyl (C=O) groups excluding carboxylic acids is 2. The Bertz CT molecular complexity index is 1200. The summed E-state index contributed by atoms with van der Waals surface area (Å²) in [5.74, 6) is -0.0462. The summed E-state index contributed by atoms with van der Waals surface area (Å²) in [5.41, 5.74) is 1.18. The molecular formula is C27H32N4O4. The molecule has 1 saturated heterocycles. The van der Waals surface area contributed by atoms with E-state index in [1.807, 2.05) is 45.0 Å². The fourth-order valence-corrected chi connectivity index (χ4v) is 4.31. The van der Waals surface area contributed by atoms with Crippen molar-refractivity contribution in [3.63, 3.8) is 0 Å². The molecule has 8 nitrogen and oxygen atoms in total. The zero-order valence-electron chi connectivity index (χ0n) is 20.7. The average molecular weight is 477 g/mol. The van der Waals surface area contributed by atoms with Gasteiger partial charge in [0.2, 0.25) is 5.95 Å². The van der Waals surface area contributed by atoms with Crippen LogP contribution in [-0.4, -0.2) is 58.8 Å². The van der Waals surface area contributed by atoms with E-state index in [9.17, 15) is 9.59 Å². The summed E-state index contributed by atoms with van der Waals surface area (Å²) in [6.07, 6.45) is 2.62. The highest BCUT2D eigenvalue weighted by atomic mass is 16.6. The maximum atomic E-state index is 12.7. The molecule has 1 aliphatic rings. The molecule has 3 aromatic rings. The molecule has 0 spiro atoms. The minimum atomic E-state index is -0.618. The molecule has 4 rings (SSSR count). The molecule has 1 amide bonds. The van der Waals surface area contributed by atoms with Crippen LogP contribution in [0.4, 0.5) is 10.7 Å². The first-order valence-electron chi connectivity index (χ1n) is 11.9. The number of rotatable bonds is 5.